The minimum atomic E-state index is -0.469. The average Bonchev–Trinajstić information content (AvgIpc) is 2.55. The molecule has 7 heteroatoms. The molecule has 3 aromatic rings. The Morgan fingerprint density at radius 2 is 1.96 bits per heavy atom. The van der Waals surface area contributed by atoms with Crippen LogP contribution in [0.1, 0.15) is 16.8 Å². The third-order valence-electron chi connectivity index (χ3n) is 3.45. The second kappa shape index (κ2) is 6.25. The van der Waals surface area contributed by atoms with Crippen molar-refractivity contribution in [3.63, 3.8) is 0 Å². The van der Waals surface area contributed by atoms with Crippen LogP contribution >= 0.6 is 11.6 Å². The van der Waals surface area contributed by atoms with E-state index in [1.165, 1.54) is 22.6 Å². The van der Waals surface area contributed by atoms with Crippen molar-refractivity contribution in [3.8, 4) is 0 Å². The molecular formula is C17H12ClN3O3. The molecule has 0 saturated carbocycles. The third kappa shape index (κ3) is 3.18. The summed E-state index contributed by atoms with van der Waals surface area (Å²) in [5, 5.41) is 10.9. The maximum absolute atomic E-state index is 12.2. The van der Waals surface area contributed by atoms with Gasteiger partial charge in [-0.25, -0.2) is 4.98 Å². The van der Waals surface area contributed by atoms with Crippen LogP contribution in [-0.2, 0) is 0 Å². The van der Waals surface area contributed by atoms with E-state index in [9.17, 15) is 14.9 Å². The van der Waals surface area contributed by atoms with Gasteiger partial charge in [-0.05, 0) is 42.3 Å². The van der Waals surface area contributed by atoms with Gasteiger partial charge in [0.1, 0.15) is 5.65 Å². The molecule has 24 heavy (non-hydrogen) atoms. The SMILES string of the molecule is Cc1ccc2nc(/C(Cl)=C/c3ccc([N+](=O)[O-])cc3)cc(=O)n2c1. The predicted octanol–water partition coefficient (Wildman–Crippen LogP) is 3.65. The lowest BCUT2D eigenvalue weighted by Crippen LogP contribution is -2.15. The van der Waals surface area contributed by atoms with Gasteiger partial charge in [0.25, 0.3) is 11.2 Å². The van der Waals surface area contributed by atoms with Crippen LogP contribution in [0.5, 0.6) is 0 Å². The first-order chi connectivity index (χ1) is 11.4. The third-order valence-corrected chi connectivity index (χ3v) is 3.75. The highest BCUT2D eigenvalue weighted by Crippen LogP contribution is 2.21. The summed E-state index contributed by atoms with van der Waals surface area (Å²) < 4.78 is 1.45. The van der Waals surface area contributed by atoms with Crippen molar-refractivity contribution in [1.29, 1.82) is 0 Å². The maximum atomic E-state index is 12.2. The second-order valence-corrected chi connectivity index (χ2v) is 5.66. The normalized spacial score (nSPS) is 11.7. The molecule has 0 saturated heterocycles. The van der Waals surface area contributed by atoms with Gasteiger partial charge in [0.05, 0.1) is 15.6 Å². The zero-order valence-electron chi connectivity index (χ0n) is 12.6. The number of hydrogen-bond acceptors (Lipinski definition) is 4. The highest BCUT2D eigenvalue weighted by Gasteiger charge is 2.07. The van der Waals surface area contributed by atoms with Crippen molar-refractivity contribution in [2.75, 3.05) is 0 Å². The van der Waals surface area contributed by atoms with Gasteiger partial charge in [-0.15, -0.1) is 0 Å². The Hall–Kier alpha value is -2.99. The lowest BCUT2D eigenvalue weighted by Gasteiger charge is -2.04. The minimum Gasteiger partial charge on any atom is -0.269 e. The Kier molecular flexibility index (Phi) is 4.14. The summed E-state index contributed by atoms with van der Waals surface area (Å²) in [6.07, 6.45) is 3.32. The second-order valence-electron chi connectivity index (χ2n) is 5.26. The Morgan fingerprint density at radius 3 is 2.62 bits per heavy atom. The van der Waals surface area contributed by atoms with E-state index < -0.39 is 4.92 Å². The molecule has 0 radical (unpaired) electrons. The zero-order valence-corrected chi connectivity index (χ0v) is 13.4. The number of nitrogens with zero attached hydrogens (tertiary/aromatic N) is 3. The number of aromatic nitrogens is 2. The molecule has 0 spiro atoms. The summed E-state index contributed by atoms with van der Waals surface area (Å²) in [5.74, 6) is 0. The molecule has 1 aromatic carbocycles. The van der Waals surface area contributed by atoms with Crippen molar-refractivity contribution < 1.29 is 4.92 Å². The molecule has 2 aromatic heterocycles. The molecule has 0 atom stereocenters. The van der Waals surface area contributed by atoms with Gasteiger partial charge in [-0.3, -0.25) is 19.3 Å². The largest absolute Gasteiger partial charge is 0.269 e. The molecule has 6 nitrogen and oxygen atoms in total. The average molecular weight is 342 g/mol. The van der Waals surface area contributed by atoms with E-state index in [1.807, 2.05) is 13.0 Å². The number of fused-ring (bicyclic) bond motifs is 1. The highest BCUT2D eigenvalue weighted by molar-refractivity contribution is 6.51. The van der Waals surface area contributed by atoms with E-state index in [0.29, 0.717) is 16.9 Å². The van der Waals surface area contributed by atoms with E-state index in [4.69, 9.17) is 11.6 Å². The number of rotatable bonds is 3. The minimum absolute atomic E-state index is 0.000664. The van der Waals surface area contributed by atoms with Crippen LogP contribution in [0.15, 0.2) is 53.5 Å². The molecular weight excluding hydrogens is 330 g/mol. The summed E-state index contributed by atoms with van der Waals surface area (Å²) in [6, 6.07) is 10.9. The molecule has 0 aliphatic rings. The van der Waals surface area contributed by atoms with Crippen LogP contribution < -0.4 is 5.56 Å². The molecule has 0 unspecified atom stereocenters. The van der Waals surface area contributed by atoms with Gasteiger partial charge >= 0.3 is 0 Å². The summed E-state index contributed by atoms with van der Waals surface area (Å²) in [7, 11) is 0. The first kappa shape index (κ1) is 15.9. The maximum Gasteiger partial charge on any atom is 0.269 e. The fraction of sp³-hybridized carbons (Fsp3) is 0.0588. The van der Waals surface area contributed by atoms with E-state index in [2.05, 4.69) is 4.98 Å². The molecule has 0 bridgehead atoms. The summed E-state index contributed by atoms with van der Waals surface area (Å²) in [5.41, 5.74) is 2.25. The number of aryl methyl sites for hydroxylation is 1. The number of nitro benzene ring substituents is 1. The van der Waals surface area contributed by atoms with Gasteiger partial charge in [-0.1, -0.05) is 17.7 Å². The molecule has 0 amide bonds. The topological polar surface area (TPSA) is 77.5 Å². The highest BCUT2D eigenvalue weighted by atomic mass is 35.5. The van der Waals surface area contributed by atoms with E-state index in [0.717, 1.165) is 5.56 Å². The Labute approximate surface area is 141 Å². The molecule has 2 heterocycles. The summed E-state index contributed by atoms with van der Waals surface area (Å²) >= 11 is 6.26. The lowest BCUT2D eigenvalue weighted by atomic mass is 10.2. The summed E-state index contributed by atoms with van der Waals surface area (Å²) in [4.78, 5) is 26.8. The van der Waals surface area contributed by atoms with E-state index >= 15 is 0 Å². The number of pyridine rings is 1. The molecule has 0 N–H and O–H groups in total. The number of benzene rings is 1. The van der Waals surface area contributed by atoms with Crippen molar-refractivity contribution >= 4 is 34.0 Å². The van der Waals surface area contributed by atoms with Crippen molar-refractivity contribution in [2.24, 2.45) is 0 Å². The molecule has 0 aliphatic heterocycles. The molecule has 120 valence electrons. The smallest absolute Gasteiger partial charge is 0.269 e. The van der Waals surface area contributed by atoms with Crippen LogP contribution in [0, 0.1) is 17.0 Å². The number of non-ortho nitro benzene ring substituents is 1. The lowest BCUT2D eigenvalue weighted by molar-refractivity contribution is -0.384. The van der Waals surface area contributed by atoms with Crippen LogP contribution in [0.2, 0.25) is 0 Å². The van der Waals surface area contributed by atoms with Gasteiger partial charge in [0.2, 0.25) is 0 Å². The van der Waals surface area contributed by atoms with Crippen molar-refractivity contribution in [3.05, 3.63) is 86.0 Å². The van der Waals surface area contributed by atoms with Crippen LogP contribution in [0.25, 0.3) is 16.8 Å². The van der Waals surface area contributed by atoms with Gasteiger partial charge in [0, 0.05) is 24.4 Å². The molecule has 3 rings (SSSR count). The van der Waals surface area contributed by atoms with E-state index in [-0.39, 0.29) is 16.3 Å². The Bertz CT molecular complexity index is 1020. The first-order valence-corrected chi connectivity index (χ1v) is 7.44. The Balaban J connectivity index is 2.01. The number of halogens is 1. The Morgan fingerprint density at radius 1 is 1.25 bits per heavy atom. The molecule has 0 aliphatic carbocycles. The quantitative estimate of drug-likeness (QED) is 0.538. The number of hydrogen-bond donors (Lipinski definition) is 0. The van der Waals surface area contributed by atoms with Gasteiger partial charge in [0.15, 0.2) is 0 Å². The van der Waals surface area contributed by atoms with Crippen LogP contribution in [0.4, 0.5) is 5.69 Å². The monoisotopic (exact) mass is 341 g/mol. The fourth-order valence-corrected chi connectivity index (χ4v) is 2.47. The fourth-order valence-electron chi connectivity index (χ4n) is 2.24. The van der Waals surface area contributed by atoms with Crippen molar-refractivity contribution in [2.45, 2.75) is 6.92 Å². The zero-order chi connectivity index (χ0) is 17.3. The van der Waals surface area contributed by atoms with E-state index in [1.54, 1.807) is 30.5 Å². The van der Waals surface area contributed by atoms with Gasteiger partial charge in [-0.2, -0.15) is 0 Å². The number of nitro groups is 1. The van der Waals surface area contributed by atoms with Crippen LogP contribution in [-0.4, -0.2) is 14.3 Å². The van der Waals surface area contributed by atoms with Crippen molar-refractivity contribution in [1.82, 2.24) is 9.38 Å². The first-order valence-electron chi connectivity index (χ1n) is 7.06. The van der Waals surface area contributed by atoms with Gasteiger partial charge < -0.3 is 0 Å². The predicted molar refractivity (Wildman–Crippen MR) is 93.0 cm³/mol. The van der Waals surface area contributed by atoms with Crippen LogP contribution in [0.3, 0.4) is 0 Å². The molecule has 0 fully saturated rings. The summed E-state index contributed by atoms with van der Waals surface area (Å²) in [6.45, 7) is 1.89. The standard InChI is InChI=1S/C17H12ClN3O3/c1-11-2-7-16-19-15(9-17(22)20(16)10-11)14(18)8-12-3-5-13(6-4-12)21(23)24/h2-10H,1H3/b14-8-.